The van der Waals surface area contributed by atoms with Gasteiger partial charge in [-0.05, 0) is 25.0 Å². The predicted molar refractivity (Wildman–Crippen MR) is 69.7 cm³/mol. The first-order valence-electron chi connectivity index (χ1n) is 6.35. The van der Waals surface area contributed by atoms with Gasteiger partial charge in [-0.1, -0.05) is 12.8 Å². The largest absolute Gasteiger partial charge is 0.391 e. The van der Waals surface area contributed by atoms with Crippen LogP contribution in [0.5, 0.6) is 0 Å². The summed E-state index contributed by atoms with van der Waals surface area (Å²) in [6, 6.07) is 5.01. The summed E-state index contributed by atoms with van der Waals surface area (Å²) >= 11 is 0. The molecule has 0 unspecified atom stereocenters. The van der Waals surface area contributed by atoms with E-state index in [0.29, 0.717) is 5.56 Å². The zero-order valence-corrected chi connectivity index (χ0v) is 10.3. The summed E-state index contributed by atoms with van der Waals surface area (Å²) in [6.45, 7) is 1.68. The molecule has 0 radical (unpaired) electrons. The number of nitrogens with zero attached hydrogens (tertiary/aromatic N) is 2. The highest BCUT2D eigenvalue weighted by atomic mass is 16.6. The average molecular weight is 250 g/mol. The Hall–Kier alpha value is -1.62. The third-order valence-electron chi connectivity index (χ3n) is 3.40. The van der Waals surface area contributed by atoms with Crippen LogP contribution in [0.3, 0.4) is 0 Å². The highest BCUT2D eigenvalue weighted by molar-refractivity contribution is 5.55. The topological polar surface area (TPSA) is 66.6 Å². The fourth-order valence-corrected chi connectivity index (χ4v) is 2.40. The number of hydrogen-bond donors (Lipinski definition) is 1. The van der Waals surface area contributed by atoms with Gasteiger partial charge in [0, 0.05) is 24.8 Å². The summed E-state index contributed by atoms with van der Waals surface area (Å²) in [5.74, 6) is 0. The van der Waals surface area contributed by atoms with Gasteiger partial charge in [-0.25, -0.2) is 0 Å². The van der Waals surface area contributed by atoms with E-state index < -0.39 is 4.92 Å². The van der Waals surface area contributed by atoms with Crippen molar-refractivity contribution in [1.82, 2.24) is 0 Å². The standard InChI is InChI=1S/C13H18N2O3/c16-10-11-9-12(5-6-13(11)15(17)18)14-7-3-1-2-4-8-14/h5-6,9,16H,1-4,7-8,10H2. The Bertz CT molecular complexity index is 426. The molecule has 0 spiro atoms. The number of nitro groups is 1. The first kappa shape index (κ1) is 12.8. The third kappa shape index (κ3) is 2.79. The number of hydrogen-bond acceptors (Lipinski definition) is 4. The Kier molecular flexibility index (Phi) is 4.15. The molecule has 1 aromatic carbocycles. The number of rotatable bonds is 3. The molecule has 1 heterocycles. The van der Waals surface area contributed by atoms with Crippen LogP contribution in [-0.2, 0) is 6.61 Å². The molecule has 1 saturated heterocycles. The smallest absolute Gasteiger partial charge is 0.275 e. The van der Waals surface area contributed by atoms with Gasteiger partial charge in [0.25, 0.3) is 5.69 Å². The minimum atomic E-state index is -0.447. The van der Waals surface area contributed by atoms with Crippen LogP contribution in [0.15, 0.2) is 18.2 Å². The molecule has 0 amide bonds. The normalized spacial score (nSPS) is 16.4. The van der Waals surface area contributed by atoms with Crippen LogP contribution in [0.1, 0.15) is 31.2 Å². The molecule has 2 rings (SSSR count). The van der Waals surface area contributed by atoms with Crippen LogP contribution in [0.2, 0.25) is 0 Å². The van der Waals surface area contributed by atoms with Gasteiger partial charge in [0.15, 0.2) is 0 Å². The highest BCUT2D eigenvalue weighted by Crippen LogP contribution is 2.26. The molecule has 0 aromatic heterocycles. The van der Waals surface area contributed by atoms with E-state index in [1.54, 1.807) is 12.1 Å². The Balaban J connectivity index is 2.25. The summed E-state index contributed by atoms with van der Waals surface area (Å²) in [7, 11) is 0. The summed E-state index contributed by atoms with van der Waals surface area (Å²) in [5, 5.41) is 20.0. The van der Waals surface area contributed by atoms with Gasteiger partial charge >= 0.3 is 0 Å². The minimum absolute atomic E-state index is 0.00364. The average Bonchev–Trinajstić information content (AvgIpc) is 2.66. The fraction of sp³-hybridized carbons (Fsp3) is 0.538. The summed E-state index contributed by atoms with van der Waals surface area (Å²) in [6.07, 6.45) is 4.81. The van der Waals surface area contributed by atoms with E-state index in [-0.39, 0.29) is 12.3 Å². The van der Waals surface area contributed by atoms with Crippen LogP contribution < -0.4 is 4.90 Å². The number of benzene rings is 1. The summed E-state index contributed by atoms with van der Waals surface area (Å²) in [5.41, 5.74) is 1.37. The van der Waals surface area contributed by atoms with E-state index in [0.717, 1.165) is 31.6 Å². The Morgan fingerprint density at radius 2 is 1.89 bits per heavy atom. The number of aliphatic hydroxyl groups is 1. The van der Waals surface area contributed by atoms with Gasteiger partial charge in [0.2, 0.25) is 0 Å². The molecule has 0 aliphatic carbocycles. The maximum atomic E-state index is 10.8. The zero-order valence-electron chi connectivity index (χ0n) is 10.3. The van der Waals surface area contributed by atoms with Crippen LogP contribution in [-0.4, -0.2) is 23.1 Å². The van der Waals surface area contributed by atoms with E-state index in [1.165, 1.54) is 18.9 Å². The van der Waals surface area contributed by atoms with Crippen molar-refractivity contribution < 1.29 is 10.0 Å². The van der Waals surface area contributed by atoms with E-state index >= 15 is 0 Å². The van der Waals surface area contributed by atoms with Crippen molar-refractivity contribution in [2.45, 2.75) is 32.3 Å². The van der Waals surface area contributed by atoms with Crippen molar-refractivity contribution in [3.63, 3.8) is 0 Å². The van der Waals surface area contributed by atoms with Gasteiger partial charge in [-0.3, -0.25) is 10.1 Å². The predicted octanol–water partition coefficient (Wildman–Crippen LogP) is 2.47. The number of nitro benzene ring substituents is 1. The fourth-order valence-electron chi connectivity index (χ4n) is 2.40. The van der Waals surface area contributed by atoms with Gasteiger partial charge in [-0.2, -0.15) is 0 Å². The minimum Gasteiger partial charge on any atom is -0.391 e. The first-order chi connectivity index (χ1) is 8.72. The molecular weight excluding hydrogens is 232 g/mol. The van der Waals surface area contributed by atoms with Gasteiger partial charge in [0.1, 0.15) is 0 Å². The summed E-state index contributed by atoms with van der Waals surface area (Å²) in [4.78, 5) is 12.6. The van der Waals surface area contributed by atoms with Crippen LogP contribution in [0, 0.1) is 10.1 Å². The van der Waals surface area contributed by atoms with Crippen molar-refractivity contribution in [3.05, 3.63) is 33.9 Å². The quantitative estimate of drug-likeness (QED) is 0.661. The lowest BCUT2D eigenvalue weighted by atomic mass is 10.1. The second-order valence-corrected chi connectivity index (χ2v) is 4.63. The van der Waals surface area contributed by atoms with E-state index in [4.69, 9.17) is 0 Å². The highest BCUT2D eigenvalue weighted by Gasteiger charge is 2.16. The first-order valence-corrected chi connectivity index (χ1v) is 6.35. The maximum absolute atomic E-state index is 10.8. The zero-order chi connectivity index (χ0) is 13.0. The molecule has 1 N–H and O–H groups in total. The molecular formula is C13H18N2O3. The van der Waals surface area contributed by atoms with Crippen molar-refractivity contribution in [2.75, 3.05) is 18.0 Å². The molecule has 98 valence electrons. The Morgan fingerprint density at radius 3 is 2.44 bits per heavy atom. The maximum Gasteiger partial charge on any atom is 0.275 e. The van der Waals surface area contributed by atoms with Crippen molar-refractivity contribution in [2.24, 2.45) is 0 Å². The molecule has 0 atom stereocenters. The van der Waals surface area contributed by atoms with E-state index in [9.17, 15) is 15.2 Å². The van der Waals surface area contributed by atoms with E-state index in [1.807, 2.05) is 0 Å². The lowest BCUT2D eigenvalue weighted by Crippen LogP contribution is -2.23. The van der Waals surface area contributed by atoms with Crippen LogP contribution >= 0.6 is 0 Å². The monoisotopic (exact) mass is 250 g/mol. The molecule has 0 saturated carbocycles. The third-order valence-corrected chi connectivity index (χ3v) is 3.40. The molecule has 1 aliphatic heterocycles. The second kappa shape index (κ2) is 5.82. The Labute approximate surface area is 106 Å². The summed E-state index contributed by atoms with van der Waals surface area (Å²) < 4.78 is 0. The second-order valence-electron chi connectivity index (χ2n) is 4.63. The van der Waals surface area contributed by atoms with Gasteiger partial charge < -0.3 is 10.0 Å². The van der Waals surface area contributed by atoms with E-state index in [2.05, 4.69) is 4.90 Å². The van der Waals surface area contributed by atoms with Crippen molar-refractivity contribution in [1.29, 1.82) is 0 Å². The SMILES string of the molecule is O=[N+]([O-])c1ccc(N2CCCCCC2)cc1CO. The van der Waals surface area contributed by atoms with Gasteiger partial charge in [-0.15, -0.1) is 0 Å². The Morgan fingerprint density at radius 1 is 1.22 bits per heavy atom. The molecule has 1 fully saturated rings. The molecule has 5 heteroatoms. The van der Waals surface area contributed by atoms with Crippen LogP contribution in [0.4, 0.5) is 11.4 Å². The lowest BCUT2D eigenvalue weighted by Gasteiger charge is -2.23. The molecule has 5 nitrogen and oxygen atoms in total. The van der Waals surface area contributed by atoms with Gasteiger partial charge in [0.05, 0.1) is 17.1 Å². The molecule has 1 aromatic rings. The molecule has 0 bridgehead atoms. The lowest BCUT2D eigenvalue weighted by molar-refractivity contribution is -0.385. The number of anilines is 1. The molecule has 1 aliphatic rings. The van der Waals surface area contributed by atoms with Crippen molar-refractivity contribution >= 4 is 11.4 Å². The molecule has 18 heavy (non-hydrogen) atoms. The number of aliphatic hydroxyl groups excluding tert-OH is 1. The van der Waals surface area contributed by atoms with Crippen LogP contribution in [0.25, 0.3) is 0 Å². The van der Waals surface area contributed by atoms with Crippen molar-refractivity contribution in [3.8, 4) is 0 Å².